The maximum absolute atomic E-state index is 11.9. The van der Waals surface area contributed by atoms with Crippen molar-refractivity contribution in [3.63, 3.8) is 0 Å². The number of hydrogen-bond acceptors (Lipinski definition) is 9. The number of aromatic nitrogens is 3. The minimum Gasteiger partial charge on any atom is -0.450 e. The van der Waals surface area contributed by atoms with Crippen molar-refractivity contribution in [3.05, 3.63) is 64.8 Å². The van der Waals surface area contributed by atoms with Gasteiger partial charge in [0.25, 0.3) is 0 Å². The Labute approximate surface area is 207 Å². The summed E-state index contributed by atoms with van der Waals surface area (Å²) in [5.74, 6) is 0.613. The number of fused-ring (bicyclic) bond motifs is 1. The van der Waals surface area contributed by atoms with Crippen molar-refractivity contribution in [1.29, 1.82) is 0 Å². The van der Waals surface area contributed by atoms with Gasteiger partial charge >= 0.3 is 11.8 Å². The van der Waals surface area contributed by atoms with Gasteiger partial charge < -0.3 is 29.6 Å². The Kier molecular flexibility index (Phi) is 6.44. The molecule has 0 unspecified atom stereocenters. The van der Waals surface area contributed by atoms with Crippen molar-refractivity contribution >= 4 is 46.0 Å². The van der Waals surface area contributed by atoms with Gasteiger partial charge in [0.2, 0.25) is 5.95 Å². The van der Waals surface area contributed by atoms with E-state index in [0.717, 1.165) is 35.7 Å². The van der Waals surface area contributed by atoms with Crippen LogP contribution in [0.3, 0.4) is 0 Å². The second-order valence-electron chi connectivity index (χ2n) is 8.42. The van der Waals surface area contributed by atoms with E-state index in [0.29, 0.717) is 42.6 Å². The van der Waals surface area contributed by atoms with E-state index in [-0.39, 0.29) is 6.09 Å². The lowest BCUT2D eigenvalue weighted by atomic mass is 10.2. The molecule has 36 heavy (non-hydrogen) atoms. The summed E-state index contributed by atoms with van der Waals surface area (Å²) in [4.78, 5) is 39.0. The molecular formula is C25H27N7O4. The van der Waals surface area contributed by atoms with E-state index >= 15 is 0 Å². The van der Waals surface area contributed by atoms with Gasteiger partial charge in [-0.05, 0) is 56.3 Å². The number of rotatable bonds is 6. The van der Waals surface area contributed by atoms with Gasteiger partial charge in [-0.2, -0.15) is 4.98 Å². The van der Waals surface area contributed by atoms with Crippen LogP contribution in [0.5, 0.6) is 0 Å². The van der Waals surface area contributed by atoms with Crippen LogP contribution in [0.2, 0.25) is 0 Å². The number of aryl methyl sites for hydroxylation is 1. The Hall–Kier alpha value is -4.54. The lowest BCUT2D eigenvalue weighted by Gasteiger charge is -2.35. The highest BCUT2D eigenvalue weighted by molar-refractivity contribution is 5.78. The molecule has 1 fully saturated rings. The zero-order valence-corrected chi connectivity index (χ0v) is 20.1. The average molecular weight is 490 g/mol. The molecule has 5 rings (SSSR count). The van der Waals surface area contributed by atoms with Gasteiger partial charge in [0.05, 0.1) is 12.1 Å². The molecule has 2 aromatic carbocycles. The van der Waals surface area contributed by atoms with Crippen LogP contribution in [-0.2, 0) is 4.74 Å². The maximum Gasteiger partial charge on any atom is 0.417 e. The molecule has 0 spiro atoms. The number of carbonyl (C=O) groups excluding carboxylic acids is 1. The highest BCUT2D eigenvalue weighted by Crippen LogP contribution is 2.25. The molecule has 3 N–H and O–H groups in total. The molecule has 1 saturated heterocycles. The molecule has 1 aliphatic rings. The van der Waals surface area contributed by atoms with E-state index in [4.69, 9.17) is 9.15 Å². The molecule has 3 heterocycles. The van der Waals surface area contributed by atoms with E-state index in [1.807, 2.05) is 44.2 Å². The second-order valence-corrected chi connectivity index (χ2v) is 8.42. The number of aromatic amines is 1. The Morgan fingerprint density at radius 1 is 1.08 bits per heavy atom. The van der Waals surface area contributed by atoms with Crippen molar-refractivity contribution in [2.45, 2.75) is 13.8 Å². The summed E-state index contributed by atoms with van der Waals surface area (Å²) in [6, 6.07) is 13.4. The first-order valence-corrected chi connectivity index (χ1v) is 11.8. The van der Waals surface area contributed by atoms with Crippen LogP contribution < -0.4 is 21.3 Å². The number of piperazine rings is 1. The zero-order valence-electron chi connectivity index (χ0n) is 20.1. The van der Waals surface area contributed by atoms with Gasteiger partial charge in [0, 0.05) is 55.0 Å². The fraction of sp³-hybridized carbons (Fsp3) is 0.280. The lowest BCUT2D eigenvalue weighted by molar-refractivity contribution is 0.105. The van der Waals surface area contributed by atoms with Crippen LogP contribution in [0, 0.1) is 6.92 Å². The predicted octanol–water partition coefficient (Wildman–Crippen LogP) is 3.99. The first kappa shape index (κ1) is 23.2. The highest BCUT2D eigenvalue weighted by atomic mass is 16.6. The van der Waals surface area contributed by atoms with Crippen LogP contribution >= 0.6 is 0 Å². The Morgan fingerprint density at radius 2 is 1.83 bits per heavy atom. The Balaban J connectivity index is 1.23. The molecule has 1 amide bonds. The predicted molar refractivity (Wildman–Crippen MR) is 137 cm³/mol. The van der Waals surface area contributed by atoms with E-state index in [2.05, 4.69) is 30.5 Å². The van der Waals surface area contributed by atoms with Gasteiger partial charge in [-0.1, -0.05) is 0 Å². The molecule has 0 atom stereocenters. The number of carbonyl (C=O) groups is 1. The monoisotopic (exact) mass is 489 g/mol. The van der Waals surface area contributed by atoms with E-state index in [1.54, 1.807) is 23.2 Å². The number of oxazole rings is 1. The van der Waals surface area contributed by atoms with Crippen LogP contribution in [0.15, 0.2) is 57.9 Å². The Bertz CT molecular complexity index is 1420. The van der Waals surface area contributed by atoms with Crippen molar-refractivity contribution < 1.29 is 13.9 Å². The minimum absolute atomic E-state index is 0.249. The fourth-order valence-electron chi connectivity index (χ4n) is 4.04. The first-order chi connectivity index (χ1) is 17.5. The summed E-state index contributed by atoms with van der Waals surface area (Å²) in [6.45, 7) is 6.89. The van der Waals surface area contributed by atoms with Gasteiger partial charge in [0.15, 0.2) is 5.58 Å². The summed E-state index contributed by atoms with van der Waals surface area (Å²) < 4.78 is 10.1. The summed E-state index contributed by atoms with van der Waals surface area (Å²) in [5.41, 5.74) is 4.69. The standard InChI is InChI=1S/C25H27N7O4/c1-3-35-25(34)32-12-10-31(11-13-32)19-7-4-17(5-8-19)28-23-26-15-16(2)22(30-23)27-18-6-9-21-20(14-18)29-24(33)36-21/h4-9,14-15H,3,10-13H2,1-2H3,(H,29,33)(H2,26,27,28,30). The van der Waals surface area contributed by atoms with Gasteiger partial charge in [-0.25, -0.2) is 14.6 Å². The normalized spacial score (nSPS) is 13.6. The number of H-pyrrole nitrogens is 1. The zero-order chi connectivity index (χ0) is 25.1. The van der Waals surface area contributed by atoms with Gasteiger partial charge in [-0.3, -0.25) is 4.98 Å². The number of ether oxygens (including phenoxy) is 1. The van der Waals surface area contributed by atoms with E-state index < -0.39 is 5.76 Å². The van der Waals surface area contributed by atoms with Crippen LogP contribution in [0.1, 0.15) is 12.5 Å². The molecule has 0 saturated carbocycles. The molecule has 1 aliphatic heterocycles. The van der Waals surface area contributed by atoms with Crippen molar-refractivity contribution in [1.82, 2.24) is 19.9 Å². The molecule has 0 aliphatic carbocycles. The number of anilines is 5. The van der Waals surface area contributed by atoms with E-state index in [1.165, 1.54) is 0 Å². The third-order valence-electron chi connectivity index (χ3n) is 5.95. The third-order valence-corrected chi connectivity index (χ3v) is 5.95. The summed E-state index contributed by atoms with van der Waals surface area (Å²) in [5, 5.41) is 6.52. The summed E-state index contributed by atoms with van der Waals surface area (Å²) in [6.07, 6.45) is 1.49. The van der Waals surface area contributed by atoms with Crippen molar-refractivity contribution in [3.8, 4) is 0 Å². The van der Waals surface area contributed by atoms with Crippen LogP contribution in [0.4, 0.5) is 33.6 Å². The molecule has 11 nitrogen and oxygen atoms in total. The molecule has 0 bridgehead atoms. The number of amides is 1. The summed E-state index contributed by atoms with van der Waals surface area (Å²) in [7, 11) is 0. The molecular weight excluding hydrogens is 462 g/mol. The van der Waals surface area contributed by atoms with Gasteiger partial charge in [-0.15, -0.1) is 0 Å². The van der Waals surface area contributed by atoms with Gasteiger partial charge in [0.1, 0.15) is 5.82 Å². The van der Waals surface area contributed by atoms with Crippen molar-refractivity contribution in [2.24, 2.45) is 0 Å². The smallest absolute Gasteiger partial charge is 0.417 e. The SMILES string of the molecule is CCOC(=O)N1CCN(c2ccc(Nc3ncc(C)c(Nc4ccc5oc(=O)[nH]c5c4)n3)cc2)CC1. The van der Waals surface area contributed by atoms with Crippen LogP contribution in [0.25, 0.3) is 11.1 Å². The fourth-order valence-corrected chi connectivity index (χ4v) is 4.04. The first-order valence-electron chi connectivity index (χ1n) is 11.8. The van der Waals surface area contributed by atoms with Crippen molar-refractivity contribution in [2.75, 3.05) is 48.3 Å². The topological polar surface area (TPSA) is 129 Å². The summed E-state index contributed by atoms with van der Waals surface area (Å²) >= 11 is 0. The second kappa shape index (κ2) is 9.98. The number of nitrogens with zero attached hydrogens (tertiary/aromatic N) is 4. The third kappa shape index (κ3) is 5.09. The molecule has 4 aromatic rings. The number of benzene rings is 2. The van der Waals surface area contributed by atoms with Crippen LogP contribution in [-0.4, -0.2) is 58.7 Å². The number of hydrogen-bond donors (Lipinski definition) is 3. The maximum atomic E-state index is 11.9. The Morgan fingerprint density at radius 3 is 2.58 bits per heavy atom. The minimum atomic E-state index is -0.489. The molecule has 0 radical (unpaired) electrons. The highest BCUT2D eigenvalue weighted by Gasteiger charge is 2.22. The number of nitrogens with one attached hydrogen (secondary N) is 3. The van der Waals surface area contributed by atoms with E-state index in [9.17, 15) is 9.59 Å². The largest absolute Gasteiger partial charge is 0.450 e. The molecule has 2 aromatic heterocycles. The molecule has 186 valence electrons. The quantitative estimate of drug-likeness (QED) is 0.368. The average Bonchev–Trinajstić information content (AvgIpc) is 3.26. The molecule has 11 heteroatoms. The lowest BCUT2D eigenvalue weighted by Crippen LogP contribution is -2.49.